The van der Waals surface area contributed by atoms with Crippen LogP contribution in [0.1, 0.15) is 32.3 Å². The average Bonchev–Trinajstić information content (AvgIpc) is 2.48. The van der Waals surface area contributed by atoms with Gasteiger partial charge in [0.25, 0.3) is 0 Å². The second-order valence-electron chi connectivity index (χ2n) is 6.27. The number of nitrogens with one attached hydrogen (secondary N) is 2. The average molecular weight is 343 g/mol. The highest BCUT2D eigenvalue weighted by atomic mass is 35.5. The molecule has 2 N–H and O–H groups in total. The minimum atomic E-state index is -0.262. The maximum atomic E-state index is 12.2. The molecular formula is C16H20Cl2N2O2. The van der Waals surface area contributed by atoms with E-state index in [9.17, 15) is 9.59 Å². The Hall–Kier alpha value is -1.26. The van der Waals surface area contributed by atoms with E-state index in [2.05, 4.69) is 10.6 Å². The monoisotopic (exact) mass is 342 g/mol. The third kappa shape index (κ3) is 4.14. The summed E-state index contributed by atoms with van der Waals surface area (Å²) in [4.78, 5) is 23.3. The Kier molecular flexibility index (Phi) is 5.35. The zero-order chi connectivity index (χ0) is 16.3. The fraction of sp³-hybridized carbons (Fsp3) is 0.500. The standard InChI is InChI=1S/C16H20Cl2N2O2/c1-16(2,11-4-5-12(17)13(18)7-11)9-20-15(22)10-3-6-14(21)19-8-10/h4-5,7,10H,3,6,8-9H2,1-2H3,(H,19,21)(H,20,22). The van der Waals surface area contributed by atoms with Crippen molar-refractivity contribution >= 4 is 35.0 Å². The van der Waals surface area contributed by atoms with Crippen LogP contribution in [-0.2, 0) is 15.0 Å². The van der Waals surface area contributed by atoms with Crippen molar-refractivity contribution in [1.29, 1.82) is 0 Å². The highest BCUT2D eigenvalue weighted by molar-refractivity contribution is 6.42. The second kappa shape index (κ2) is 6.88. The van der Waals surface area contributed by atoms with E-state index in [0.29, 0.717) is 36.0 Å². The summed E-state index contributed by atoms with van der Waals surface area (Å²) < 4.78 is 0. The Labute approximate surface area is 140 Å². The summed E-state index contributed by atoms with van der Waals surface area (Å²) in [5.74, 6) is -0.157. The fourth-order valence-corrected chi connectivity index (χ4v) is 2.73. The van der Waals surface area contributed by atoms with Crippen LogP contribution in [0.15, 0.2) is 18.2 Å². The van der Waals surface area contributed by atoms with Crippen LogP contribution in [0.5, 0.6) is 0 Å². The second-order valence-corrected chi connectivity index (χ2v) is 7.08. The van der Waals surface area contributed by atoms with Crippen molar-refractivity contribution in [2.75, 3.05) is 13.1 Å². The largest absolute Gasteiger partial charge is 0.355 e. The van der Waals surface area contributed by atoms with Gasteiger partial charge in [-0.2, -0.15) is 0 Å². The topological polar surface area (TPSA) is 58.2 Å². The fourth-order valence-electron chi connectivity index (χ4n) is 2.43. The number of piperidine rings is 1. The predicted molar refractivity (Wildman–Crippen MR) is 88.2 cm³/mol. The van der Waals surface area contributed by atoms with Crippen molar-refractivity contribution < 1.29 is 9.59 Å². The molecule has 1 unspecified atom stereocenters. The van der Waals surface area contributed by atoms with E-state index in [-0.39, 0.29) is 23.1 Å². The van der Waals surface area contributed by atoms with Gasteiger partial charge in [-0.3, -0.25) is 9.59 Å². The summed E-state index contributed by atoms with van der Waals surface area (Å²) in [5, 5.41) is 6.72. The molecule has 22 heavy (non-hydrogen) atoms. The van der Waals surface area contributed by atoms with Crippen molar-refractivity contribution in [1.82, 2.24) is 10.6 Å². The molecule has 2 amide bonds. The summed E-state index contributed by atoms with van der Waals surface area (Å²) in [5.41, 5.74) is 0.751. The normalized spacial score (nSPS) is 18.7. The number of hydrogen-bond donors (Lipinski definition) is 2. The summed E-state index contributed by atoms with van der Waals surface area (Å²) >= 11 is 12.0. The van der Waals surface area contributed by atoms with Gasteiger partial charge in [0.15, 0.2) is 0 Å². The summed E-state index contributed by atoms with van der Waals surface area (Å²) in [6, 6.07) is 5.51. The number of rotatable bonds is 4. The lowest BCUT2D eigenvalue weighted by atomic mass is 9.84. The van der Waals surface area contributed by atoms with Crippen LogP contribution in [0.3, 0.4) is 0 Å². The van der Waals surface area contributed by atoms with E-state index < -0.39 is 0 Å². The molecule has 0 aromatic heterocycles. The van der Waals surface area contributed by atoms with Crippen molar-refractivity contribution in [2.24, 2.45) is 5.92 Å². The van der Waals surface area contributed by atoms with Crippen LogP contribution in [0.25, 0.3) is 0 Å². The first-order chi connectivity index (χ1) is 10.3. The van der Waals surface area contributed by atoms with E-state index in [4.69, 9.17) is 23.2 Å². The molecule has 0 radical (unpaired) electrons. The number of halogens is 2. The molecular weight excluding hydrogens is 323 g/mol. The molecule has 4 nitrogen and oxygen atoms in total. The van der Waals surface area contributed by atoms with Crippen LogP contribution < -0.4 is 10.6 Å². The molecule has 1 heterocycles. The highest BCUT2D eigenvalue weighted by Gasteiger charge is 2.27. The van der Waals surface area contributed by atoms with Gasteiger partial charge < -0.3 is 10.6 Å². The maximum Gasteiger partial charge on any atom is 0.224 e. The zero-order valence-electron chi connectivity index (χ0n) is 12.7. The van der Waals surface area contributed by atoms with Crippen LogP contribution in [0.4, 0.5) is 0 Å². The molecule has 1 fully saturated rings. The lowest BCUT2D eigenvalue weighted by Gasteiger charge is -2.28. The molecule has 1 saturated heterocycles. The number of carbonyl (C=O) groups excluding carboxylic acids is 2. The number of carbonyl (C=O) groups is 2. The van der Waals surface area contributed by atoms with E-state index >= 15 is 0 Å². The van der Waals surface area contributed by atoms with Gasteiger partial charge in [-0.25, -0.2) is 0 Å². The quantitative estimate of drug-likeness (QED) is 0.883. The van der Waals surface area contributed by atoms with Crippen molar-refractivity contribution in [2.45, 2.75) is 32.1 Å². The van der Waals surface area contributed by atoms with Gasteiger partial charge in [-0.15, -0.1) is 0 Å². The van der Waals surface area contributed by atoms with Crippen LogP contribution in [-0.4, -0.2) is 24.9 Å². The van der Waals surface area contributed by atoms with Gasteiger partial charge in [-0.05, 0) is 24.1 Å². The SMILES string of the molecule is CC(C)(CNC(=O)C1CCC(=O)NC1)c1ccc(Cl)c(Cl)c1. The molecule has 1 aliphatic rings. The van der Waals surface area contributed by atoms with E-state index in [1.54, 1.807) is 6.07 Å². The molecule has 6 heteroatoms. The molecule has 2 rings (SSSR count). The first-order valence-corrected chi connectivity index (χ1v) is 8.05. The summed E-state index contributed by atoms with van der Waals surface area (Å²) in [6.45, 7) is 4.98. The number of benzene rings is 1. The van der Waals surface area contributed by atoms with Gasteiger partial charge in [0.2, 0.25) is 11.8 Å². The first kappa shape index (κ1) is 17.1. The van der Waals surface area contributed by atoms with Gasteiger partial charge in [-0.1, -0.05) is 43.1 Å². The Bertz CT molecular complexity index is 578. The van der Waals surface area contributed by atoms with Gasteiger partial charge in [0.1, 0.15) is 0 Å². The lowest BCUT2D eigenvalue weighted by Crippen LogP contribution is -2.45. The third-order valence-corrected chi connectivity index (χ3v) is 4.78. The van der Waals surface area contributed by atoms with Crippen molar-refractivity contribution in [3.63, 3.8) is 0 Å². The first-order valence-electron chi connectivity index (χ1n) is 7.29. The molecule has 120 valence electrons. The van der Waals surface area contributed by atoms with Crippen molar-refractivity contribution in [3.05, 3.63) is 33.8 Å². The highest BCUT2D eigenvalue weighted by Crippen LogP contribution is 2.29. The molecule has 0 saturated carbocycles. The number of amides is 2. The Morgan fingerprint density at radius 1 is 1.36 bits per heavy atom. The minimum absolute atomic E-state index is 0.0141. The minimum Gasteiger partial charge on any atom is -0.355 e. The molecule has 1 aromatic rings. The lowest BCUT2D eigenvalue weighted by molar-refractivity contribution is -0.129. The van der Waals surface area contributed by atoms with Crippen LogP contribution in [0.2, 0.25) is 10.0 Å². The Morgan fingerprint density at radius 3 is 2.68 bits per heavy atom. The molecule has 0 spiro atoms. The summed E-state index contributed by atoms with van der Waals surface area (Å²) in [7, 11) is 0. The smallest absolute Gasteiger partial charge is 0.224 e. The van der Waals surface area contributed by atoms with E-state index in [0.717, 1.165) is 5.56 Å². The molecule has 0 aliphatic carbocycles. The number of hydrogen-bond acceptors (Lipinski definition) is 2. The van der Waals surface area contributed by atoms with Crippen molar-refractivity contribution in [3.8, 4) is 0 Å². The van der Waals surface area contributed by atoms with E-state index in [1.165, 1.54) is 0 Å². The Balaban J connectivity index is 1.95. The molecule has 1 aliphatic heterocycles. The maximum absolute atomic E-state index is 12.2. The summed E-state index contributed by atoms with van der Waals surface area (Å²) in [6.07, 6.45) is 1.01. The van der Waals surface area contributed by atoms with Crippen LogP contribution in [0, 0.1) is 5.92 Å². The Morgan fingerprint density at radius 2 is 2.09 bits per heavy atom. The zero-order valence-corrected chi connectivity index (χ0v) is 14.2. The van der Waals surface area contributed by atoms with Gasteiger partial charge in [0, 0.05) is 24.9 Å². The molecule has 1 atom stereocenters. The molecule has 0 bridgehead atoms. The van der Waals surface area contributed by atoms with Crippen LogP contribution >= 0.6 is 23.2 Å². The molecule has 1 aromatic carbocycles. The van der Waals surface area contributed by atoms with E-state index in [1.807, 2.05) is 26.0 Å². The van der Waals surface area contributed by atoms with Gasteiger partial charge in [0.05, 0.1) is 16.0 Å². The third-order valence-electron chi connectivity index (χ3n) is 4.04. The predicted octanol–water partition coefficient (Wildman–Crippen LogP) is 2.91. The van der Waals surface area contributed by atoms with Gasteiger partial charge >= 0.3 is 0 Å².